The number of aromatic nitrogens is 2. The van der Waals surface area contributed by atoms with Gasteiger partial charge in [0.25, 0.3) is 0 Å². The molecule has 11 heteroatoms. The van der Waals surface area contributed by atoms with E-state index in [0.717, 1.165) is 30.3 Å². The normalized spacial score (nSPS) is 20.1. The summed E-state index contributed by atoms with van der Waals surface area (Å²) in [6, 6.07) is 8.02. The van der Waals surface area contributed by atoms with E-state index in [1.165, 1.54) is 23.4 Å². The van der Waals surface area contributed by atoms with Gasteiger partial charge in [-0.15, -0.1) is 0 Å². The number of halogens is 2. The van der Waals surface area contributed by atoms with Crippen molar-refractivity contribution in [3.05, 3.63) is 47.5 Å². The van der Waals surface area contributed by atoms with E-state index in [0.29, 0.717) is 49.1 Å². The Bertz CT molecular complexity index is 1240. The highest BCUT2D eigenvalue weighted by Crippen LogP contribution is 2.36. The molecule has 0 spiro atoms. The lowest BCUT2D eigenvalue weighted by molar-refractivity contribution is 0.132. The van der Waals surface area contributed by atoms with Crippen molar-refractivity contribution >= 4 is 45.8 Å². The standard InChI is InChI=1S/C24H25ClFN5O4/c25-18-8-14(3-4-19(18)26)30-23-17-9-21(29-15-2-1-6-31(11-15)24(32)33)22(10-20(17)27-13-28-23)35-16-5-7-34-12-16/h3-4,8-10,13,15-16,29H,1-2,5-7,11-12H2,(H,32,33)(H,27,28,30). The van der Waals surface area contributed by atoms with Gasteiger partial charge in [-0.3, -0.25) is 0 Å². The van der Waals surface area contributed by atoms with E-state index < -0.39 is 11.9 Å². The second-order valence-electron chi connectivity index (χ2n) is 8.66. The van der Waals surface area contributed by atoms with Crippen LogP contribution in [-0.2, 0) is 4.74 Å². The summed E-state index contributed by atoms with van der Waals surface area (Å²) in [5.74, 6) is 0.638. The molecule has 1 aromatic heterocycles. The van der Waals surface area contributed by atoms with Gasteiger partial charge in [0.05, 0.1) is 29.4 Å². The molecule has 1 amide bonds. The Hall–Kier alpha value is -3.37. The smallest absolute Gasteiger partial charge is 0.407 e. The Balaban J connectivity index is 1.49. The number of likely N-dealkylation sites (tertiary alicyclic amines) is 1. The third-order valence-corrected chi connectivity index (χ3v) is 6.44. The van der Waals surface area contributed by atoms with Crippen LogP contribution in [0.3, 0.4) is 0 Å². The summed E-state index contributed by atoms with van der Waals surface area (Å²) < 4.78 is 25.3. The molecule has 2 atom stereocenters. The molecular formula is C24H25ClFN5O4. The molecule has 0 radical (unpaired) electrons. The number of fused-ring (bicyclic) bond motifs is 1. The lowest BCUT2D eigenvalue weighted by atomic mass is 10.1. The summed E-state index contributed by atoms with van der Waals surface area (Å²) in [5, 5.41) is 16.8. The molecular weight excluding hydrogens is 477 g/mol. The fourth-order valence-corrected chi connectivity index (χ4v) is 4.56. The number of piperidine rings is 1. The van der Waals surface area contributed by atoms with Gasteiger partial charge in [0, 0.05) is 42.7 Å². The number of nitrogens with zero attached hydrogens (tertiary/aromatic N) is 3. The fourth-order valence-electron chi connectivity index (χ4n) is 4.38. The summed E-state index contributed by atoms with van der Waals surface area (Å²) in [4.78, 5) is 21.7. The number of nitrogens with one attached hydrogen (secondary N) is 2. The van der Waals surface area contributed by atoms with Crippen molar-refractivity contribution in [2.45, 2.75) is 31.4 Å². The topological polar surface area (TPSA) is 109 Å². The molecule has 2 saturated heterocycles. The van der Waals surface area contributed by atoms with Crippen LogP contribution in [0.4, 0.5) is 26.4 Å². The van der Waals surface area contributed by atoms with Gasteiger partial charge < -0.3 is 30.1 Å². The molecule has 2 fully saturated rings. The molecule has 0 aliphatic carbocycles. The van der Waals surface area contributed by atoms with Crippen LogP contribution in [0.5, 0.6) is 5.75 Å². The van der Waals surface area contributed by atoms with E-state index in [4.69, 9.17) is 21.1 Å². The molecule has 2 aliphatic rings. The molecule has 0 saturated carbocycles. The second kappa shape index (κ2) is 10.1. The van der Waals surface area contributed by atoms with Gasteiger partial charge in [-0.2, -0.15) is 0 Å². The minimum absolute atomic E-state index is 0.00506. The Morgan fingerprint density at radius 3 is 2.91 bits per heavy atom. The Labute approximate surface area is 206 Å². The number of hydrogen-bond acceptors (Lipinski definition) is 7. The number of benzene rings is 2. The third kappa shape index (κ3) is 5.33. The third-order valence-electron chi connectivity index (χ3n) is 6.15. The lowest BCUT2D eigenvalue weighted by Crippen LogP contribution is -2.44. The van der Waals surface area contributed by atoms with Crippen LogP contribution >= 0.6 is 11.6 Å². The molecule has 0 bridgehead atoms. The number of ether oxygens (including phenoxy) is 2. The molecule has 5 rings (SSSR count). The van der Waals surface area contributed by atoms with E-state index >= 15 is 0 Å². The lowest BCUT2D eigenvalue weighted by Gasteiger charge is -2.32. The van der Waals surface area contributed by atoms with Crippen molar-refractivity contribution in [2.24, 2.45) is 0 Å². The SMILES string of the molecule is O=C(O)N1CCCC(Nc2cc3c(Nc4ccc(F)c(Cl)c4)ncnc3cc2OC2CCOC2)C1. The minimum Gasteiger partial charge on any atom is -0.486 e. The van der Waals surface area contributed by atoms with Crippen LogP contribution in [-0.4, -0.2) is 64.5 Å². The quantitative estimate of drug-likeness (QED) is 0.438. The molecule has 2 aromatic carbocycles. The van der Waals surface area contributed by atoms with E-state index in [-0.39, 0.29) is 17.2 Å². The zero-order valence-corrected chi connectivity index (χ0v) is 19.6. The highest BCUT2D eigenvalue weighted by molar-refractivity contribution is 6.31. The molecule has 184 valence electrons. The number of carboxylic acid groups (broad SMARTS) is 1. The maximum atomic E-state index is 13.6. The summed E-state index contributed by atoms with van der Waals surface area (Å²) in [6.07, 6.45) is 2.83. The summed E-state index contributed by atoms with van der Waals surface area (Å²) in [5.41, 5.74) is 1.96. The molecule has 2 aliphatic heterocycles. The largest absolute Gasteiger partial charge is 0.486 e. The highest BCUT2D eigenvalue weighted by Gasteiger charge is 2.25. The van der Waals surface area contributed by atoms with Crippen molar-refractivity contribution in [3.63, 3.8) is 0 Å². The first kappa shape index (κ1) is 23.4. The molecule has 35 heavy (non-hydrogen) atoms. The zero-order chi connectivity index (χ0) is 24.4. The molecule has 3 aromatic rings. The van der Waals surface area contributed by atoms with Crippen LogP contribution in [0.25, 0.3) is 10.9 Å². The first-order chi connectivity index (χ1) is 17.0. The van der Waals surface area contributed by atoms with Gasteiger partial charge in [0.1, 0.15) is 29.8 Å². The number of carbonyl (C=O) groups is 1. The number of amides is 1. The molecule has 9 nitrogen and oxygen atoms in total. The summed E-state index contributed by atoms with van der Waals surface area (Å²) in [7, 11) is 0. The maximum Gasteiger partial charge on any atom is 0.407 e. The Morgan fingerprint density at radius 2 is 2.14 bits per heavy atom. The maximum absolute atomic E-state index is 13.6. The van der Waals surface area contributed by atoms with E-state index in [9.17, 15) is 14.3 Å². The first-order valence-electron chi connectivity index (χ1n) is 11.5. The van der Waals surface area contributed by atoms with Gasteiger partial charge in [-0.25, -0.2) is 19.2 Å². The fraction of sp³-hybridized carbons (Fsp3) is 0.375. The van der Waals surface area contributed by atoms with Crippen LogP contribution < -0.4 is 15.4 Å². The van der Waals surface area contributed by atoms with Gasteiger partial charge in [-0.05, 0) is 37.1 Å². The predicted octanol–water partition coefficient (Wildman–Crippen LogP) is 4.89. The second-order valence-corrected chi connectivity index (χ2v) is 9.06. The molecule has 3 heterocycles. The predicted molar refractivity (Wildman–Crippen MR) is 130 cm³/mol. The number of rotatable bonds is 6. The average molecular weight is 502 g/mol. The van der Waals surface area contributed by atoms with Gasteiger partial charge >= 0.3 is 6.09 Å². The number of anilines is 3. The van der Waals surface area contributed by atoms with E-state index in [1.54, 1.807) is 6.07 Å². The van der Waals surface area contributed by atoms with Crippen molar-refractivity contribution in [1.29, 1.82) is 0 Å². The minimum atomic E-state index is -0.924. The Morgan fingerprint density at radius 1 is 1.26 bits per heavy atom. The van der Waals surface area contributed by atoms with Gasteiger partial charge in [0.2, 0.25) is 0 Å². The van der Waals surface area contributed by atoms with E-state index in [2.05, 4.69) is 20.6 Å². The zero-order valence-electron chi connectivity index (χ0n) is 18.8. The number of hydrogen-bond donors (Lipinski definition) is 3. The van der Waals surface area contributed by atoms with Crippen LogP contribution in [0.15, 0.2) is 36.7 Å². The molecule has 3 N–H and O–H groups in total. The van der Waals surface area contributed by atoms with Crippen molar-refractivity contribution in [2.75, 3.05) is 36.9 Å². The summed E-state index contributed by atoms with van der Waals surface area (Å²) >= 11 is 5.94. The van der Waals surface area contributed by atoms with Crippen LogP contribution in [0.1, 0.15) is 19.3 Å². The van der Waals surface area contributed by atoms with E-state index in [1.807, 2.05) is 12.1 Å². The van der Waals surface area contributed by atoms with Crippen molar-refractivity contribution in [3.8, 4) is 5.75 Å². The summed E-state index contributed by atoms with van der Waals surface area (Å²) in [6.45, 7) is 2.06. The monoisotopic (exact) mass is 501 g/mol. The average Bonchev–Trinajstić information content (AvgIpc) is 3.35. The van der Waals surface area contributed by atoms with Gasteiger partial charge in [-0.1, -0.05) is 11.6 Å². The highest BCUT2D eigenvalue weighted by atomic mass is 35.5. The first-order valence-corrected chi connectivity index (χ1v) is 11.8. The van der Waals surface area contributed by atoms with Crippen LogP contribution in [0.2, 0.25) is 5.02 Å². The van der Waals surface area contributed by atoms with Gasteiger partial charge in [0.15, 0.2) is 0 Å². The van der Waals surface area contributed by atoms with Crippen molar-refractivity contribution in [1.82, 2.24) is 14.9 Å². The van der Waals surface area contributed by atoms with Crippen LogP contribution in [0, 0.1) is 5.82 Å². The molecule has 2 unspecified atom stereocenters. The Kier molecular flexibility index (Phi) is 6.74. The van der Waals surface area contributed by atoms with Crippen molar-refractivity contribution < 1.29 is 23.8 Å².